The molecule has 0 saturated heterocycles. The quantitative estimate of drug-likeness (QED) is 0.609. The van der Waals surface area contributed by atoms with Gasteiger partial charge in [-0.25, -0.2) is 0 Å². The predicted octanol–water partition coefficient (Wildman–Crippen LogP) is 0.188. The third-order valence-corrected chi connectivity index (χ3v) is 1.71. The molecule has 1 amide bonds. The Balaban J connectivity index is 2.28. The molecule has 1 fully saturated rings. The molecule has 0 aromatic carbocycles. The lowest BCUT2D eigenvalue weighted by Crippen LogP contribution is -2.50. The van der Waals surface area contributed by atoms with Crippen molar-refractivity contribution in [3.63, 3.8) is 0 Å². The van der Waals surface area contributed by atoms with Crippen LogP contribution in [0.25, 0.3) is 0 Å². The van der Waals surface area contributed by atoms with Gasteiger partial charge in [-0.15, -0.1) is 0 Å². The molecule has 1 rings (SSSR count). The third-order valence-electron chi connectivity index (χ3n) is 1.71. The van der Waals surface area contributed by atoms with Gasteiger partial charge in [-0.05, 0) is 12.8 Å². The fourth-order valence-corrected chi connectivity index (χ4v) is 0.973. The molecular weight excluding hydrogens is 175 g/mol. The van der Waals surface area contributed by atoms with Crippen molar-refractivity contribution < 1.29 is 23.1 Å². The minimum absolute atomic E-state index is 0.210. The number of carbonyl (C=O) groups excluding carboxylic acids is 1. The molecule has 0 bridgehead atoms. The molecule has 12 heavy (non-hydrogen) atoms. The minimum Gasteiger partial charge on any atom is -0.393 e. The molecule has 0 aliphatic heterocycles. The van der Waals surface area contributed by atoms with E-state index in [0.29, 0.717) is 0 Å². The van der Waals surface area contributed by atoms with Crippen LogP contribution in [0.4, 0.5) is 13.2 Å². The van der Waals surface area contributed by atoms with Crippen molar-refractivity contribution >= 4 is 5.91 Å². The summed E-state index contributed by atoms with van der Waals surface area (Å²) in [7, 11) is 0. The fraction of sp³-hybridized carbons (Fsp3) is 0.833. The number of aliphatic hydroxyl groups is 1. The summed E-state index contributed by atoms with van der Waals surface area (Å²) in [6.45, 7) is 0. The standard InChI is InChI=1S/C6H8F3NO2/c7-6(8,9)5(12)10-3-1-4(11)2-3/h3-4,11H,1-2H2,(H,10,12). The van der Waals surface area contributed by atoms with Crippen LogP contribution in [-0.2, 0) is 4.79 Å². The number of halogens is 3. The van der Waals surface area contributed by atoms with E-state index in [2.05, 4.69) is 0 Å². The number of nitrogens with one attached hydrogen (secondary N) is 1. The maximum Gasteiger partial charge on any atom is 0.471 e. The number of hydrogen-bond acceptors (Lipinski definition) is 2. The molecule has 2 N–H and O–H groups in total. The molecule has 1 aliphatic rings. The highest BCUT2D eigenvalue weighted by atomic mass is 19.4. The third kappa shape index (κ3) is 2.10. The molecule has 70 valence electrons. The summed E-state index contributed by atoms with van der Waals surface area (Å²) in [6.07, 6.45) is -4.96. The van der Waals surface area contributed by atoms with Gasteiger partial charge < -0.3 is 10.4 Å². The van der Waals surface area contributed by atoms with Crippen molar-refractivity contribution in [3.05, 3.63) is 0 Å². The van der Waals surface area contributed by atoms with E-state index in [1.165, 1.54) is 0 Å². The molecule has 1 aliphatic carbocycles. The molecule has 6 heteroatoms. The van der Waals surface area contributed by atoms with Crippen LogP contribution < -0.4 is 5.32 Å². The van der Waals surface area contributed by atoms with Crippen LogP contribution >= 0.6 is 0 Å². The maximum absolute atomic E-state index is 11.6. The van der Waals surface area contributed by atoms with Crippen molar-refractivity contribution in [3.8, 4) is 0 Å². The highest BCUT2D eigenvalue weighted by Crippen LogP contribution is 2.22. The van der Waals surface area contributed by atoms with Gasteiger partial charge in [0.05, 0.1) is 6.10 Å². The molecular formula is C6H8F3NO2. The first kappa shape index (κ1) is 9.31. The normalized spacial score (nSPS) is 29.3. The Hall–Kier alpha value is -0.780. The van der Waals surface area contributed by atoms with Crippen molar-refractivity contribution in [2.24, 2.45) is 0 Å². The Bertz CT molecular complexity index is 186. The Labute approximate surface area is 66.6 Å². The molecule has 0 heterocycles. The van der Waals surface area contributed by atoms with Crippen LogP contribution in [0.2, 0.25) is 0 Å². The van der Waals surface area contributed by atoms with Gasteiger partial charge in [0.1, 0.15) is 0 Å². The first-order chi connectivity index (χ1) is 5.39. The van der Waals surface area contributed by atoms with Gasteiger partial charge in [0.15, 0.2) is 0 Å². The largest absolute Gasteiger partial charge is 0.471 e. The highest BCUT2D eigenvalue weighted by Gasteiger charge is 2.41. The Morgan fingerprint density at radius 2 is 1.92 bits per heavy atom. The highest BCUT2D eigenvalue weighted by molar-refractivity contribution is 5.82. The van der Waals surface area contributed by atoms with Crippen LogP contribution in [-0.4, -0.2) is 29.3 Å². The second-order valence-corrected chi connectivity index (χ2v) is 2.79. The Kier molecular flexibility index (Phi) is 2.27. The van der Waals surface area contributed by atoms with E-state index in [0.717, 1.165) is 0 Å². The minimum atomic E-state index is -4.82. The number of rotatable bonds is 1. The average molecular weight is 183 g/mol. The van der Waals surface area contributed by atoms with Crippen LogP contribution in [0.1, 0.15) is 12.8 Å². The second-order valence-electron chi connectivity index (χ2n) is 2.79. The van der Waals surface area contributed by atoms with Gasteiger partial charge in [0.2, 0.25) is 0 Å². The lowest BCUT2D eigenvalue weighted by Gasteiger charge is -2.32. The van der Waals surface area contributed by atoms with E-state index in [1.807, 2.05) is 0 Å². The van der Waals surface area contributed by atoms with Gasteiger partial charge in [-0.2, -0.15) is 13.2 Å². The van der Waals surface area contributed by atoms with E-state index in [-0.39, 0.29) is 12.8 Å². The summed E-state index contributed by atoms with van der Waals surface area (Å²) in [4.78, 5) is 10.3. The summed E-state index contributed by atoms with van der Waals surface area (Å²) < 4.78 is 34.8. The Morgan fingerprint density at radius 1 is 1.42 bits per heavy atom. The first-order valence-corrected chi connectivity index (χ1v) is 3.45. The number of alkyl halides is 3. The molecule has 0 unspecified atom stereocenters. The fourth-order valence-electron chi connectivity index (χ4n) is 0.973. The lowest BCUT2D eigenvalue weighted by molar-refractivity contribution is -0.175. The molecule has 0 aromatic heterocycles. The van der Waals surface area contributed by atoms with Crippen LogP contribution in [0.5, 0.6) is 0 Å². The zero-order valence-corrected chi connectivity index (χ0v) is 6.06. The van der Waals surface area contributed by atoms with E-state index in [1.54, 1.807) is 5.32 Å². The van der Waals surface area contributed by atoms with E-state index in [9.17, 15) is 18.0 Å². The molecule has 3 nitrogen and oxygen atoms in total. The van der Waals surface area contributed by atoms with Crippen LogP contribution in [0.15, 0.2) is 0 Å². The summed E-state index contributed by atoms with van der Waals surface area (Å²) in [5.74, 6) is -1.93. The number of amides is 1. The van der Waals surface area contributed by atoms with E-state index < -0.39 is 24.2 Å². The number of hydrogen-bond donors (Lipinski definition) is 2. The average Bonchev–Trinajstić information content (AvgIpc) is 1.82. The summed E-state index contributed by atoms with van der Waals surface area (Å²) in [5, 5.41) is 10.5. The van der Waals surface area contributed by atoms with E-state index in [4.69, 9.17) is 5.11 Å². The summed E-state index contributed by atoms with van der Waals surface area (Å²) in [6, 6.07) is -0.519. The van der Waals surface area contributed by atoms with Gasteiger partial charge in [0, 0.05) is 6.04 Å². The van der Waals surface area contributed by atoms with E-state index >= 15 is 0 Å². The van der Waals surface area contributed by atoms with Gasteiger partial charge >= 0.3 is 12.1 Å². The van der Waals surface area contributed by atoms with Gasteiger partial charge in [-0.1, -0.05) is 0 Å². The summed E-state index contributed by atoms with van der Waals surface area (Å²) in [5.41, 5.74) is 0. The van der Waals surface area contributed by atoms with Crippen molar-refractivity contribution in [2.45, 2.75) is 31.2 Å². The lowest BCUT2D eigenvalue weighted by atomic mass is 9.89. The van der Waals surface area contributed by atoms with Crippen LogP contribution in [0.3, 0.4) is 0 Å². The number of aliphatic hydroxyl groups excluding tert-OH is 1. The van der Waals surface area contributed by atoms with Crippen molar-refractivity contribution in [1.29, 1.82) is 0 Å². The van der Waals surface area contributed by atoms with Crippen molar-refractivity contribution in [1.82, 2.24) is 5.32 Å². The molecule has 0 spiro atoms. The summed E-state index contributed by atoms with van der Waals surface area (Å²) >= 11 is 0. The topological polar surface area (TPSA) is 49.3 Å². The molecule has 0 aromatic rings. The SMILES string of the molecule is O=C(NC1CC(O)C1)C(F)(F)F. The molecule has 1 saturated carbocycles. The zero-order chi connectivity index (χ0) is 9.35. The smallest absolute Gasteiger partial charge is 0.393 e. The second kappa shape index (κ2) is 2.93. The Morgan fingerprint density at radius 3 is 2.25 bits per heavy atom. The molecule has 0 atom stereocenters. The van der Waals surface area contributed by atoms with Gasteiger partial charge in [-0.3, -0.25) is 4.79 Å². The van der Waals surface area contributed by atoms with Crippen molar-refractivity contribution in [2.75, 3.05) is 0 Å². The van der Waals surface area contributed by atoms with Crippen LogP contribution in [0, 0.1) is 0 Å². The zero-order valence-electron chi connectivity index (χ0n) is 6.06. The van der Waals surface area contributed by atoms with Gasteiger partial charge in [0.25, 0.3) is 0 Å². The first-order valence-electron chi connectivity index (χ1n) is 3.45. The monoisotopic (exact) mass is 183 g/mol. The molecule has 0 radical (unpaired) electrons. The maximum atomic E-state index is 11.6. The number of carbonyl (C=O) groups is 1. The predicted molar refractivity (Wildman–Crippen MR) is 33.2 cm³/mol.